The molecule has 0 atom stereocenters. The SMILES string of the molecule is N#CC(=Cc1ccc(F)c(F)c1)c1ccccn1. The van der Waals surface area contributed by atoms with Crippen LogP contribution in [-0.2, 0) is 0 Å². The molecule has 18 heavy (non-hydrogen) atoms. The fraction of sp³-hybridized carbons (Fsp3) is 0. The molecular formula is C14H8F2N2. The van der Waals surface area contributed by atoms with E-state index in [2.05, 4.69) is 4.98 Å². The second-order valence-electron chi connectivity index (χ2n) is 3.56. The highest BCUT2D eigenvalue weighted by atomic mass is 19.2. The Hall–Kier alpha value is -2.54. The largest absolute Gasteiger partial charge is 0.256 e. The van der Waals surface area contributed by atoms with Crippen molar-refractivity contribution in [3.63, 3.8) is 0 Å². The van der Waals surface area contributed by atoms with E-state index >= 15 is 0 Å². The van der Waals surface area contributed by atoms with Gasteiger partial charge in [0.05, 0.1) is 11.3 Å². The lowest BCUT2D eigenvalue weighted by atomic mass is 10.1. The van der Waals surface area contributed by atoms with E-state index in [1.807, 2.05) is 6.07 Å². The van der Waals surface area contributed by atoms with Crippen molar-refractivity contribution in [3.8, 4) is 6.07 Å². The van der Waals surface area contributed by atoms with Gasteiger partial charge in [-0.1, -0.05) is 12.1 Å². The van der Waals surface area contributed by atoms with E-state index in [1.54, 1.807) is 24.4 Å². The summed E-state index contributed by atoms with van der Waals surface area (Å²) in [7, 11) is 0. The summed E-state index contributed by atoms with van der Waals surface area (Å²) >= 11 is 0. The van der Waals surface area contributed by atoms with Crippen LogP contribution in [0.15, 0.2) is 42.6 Å². The Bertz CT molecular complexity index is 628. The molecule has 0 aliphatic rings. The Balaban J connectivity index is 2.42. The summed E-state index contributed by atoms with van der Waals surface area (Å²) in [6.45, 7) is 0. The first-order valence-corrected chi connectivity index (χ1v) is 5.19. The van der Waals surface area contributed by atoms with Gasteiger partial charge in [0.15, 0.2) is 11.6 Å². The van der Waals surface area contributed by atoms with Gasteiger partial charge in [-0.25, -0.2) is 8.78 Å². The van der Waals surface area contributed by atoms with Crippen LogP contribution in [0.3, 0.4) is 0 Å². The molecule has 0 aliphatic heterocycles. The molecular weight excluding hydrogens is 234 g/mol. The lowest BCUT2D eigenvalue weighted by Gasteiger charge is -1.99. The van der Waals surface area contributed by atoms with Crippen LogP contribution in [0.2, 0.25) is 0 Å². The highest BCUT2D eigenvalue weighted by Gasteiger charge is 2.04. The molecule has 2 aromatic rings. The van der Waals surface area contributed by atoms with Crippen molar-refractivity contribution in [1.29, 1.82) is 5.26 Å². The fourth-order valence-electron chi connectivity index (χ4n) is 1.45. The van der Waals surface area contributed by atoms with Crippen molar-refractivity contribution in [2.24, 2.45) is 0 Å². The average Bonchev–Trinajstić information content (AvgIpc) is 2.41. The van der Waals surface area contributed by atoms with Crippen LogP contribution in [-0.4, -0.2) is 4.98 Å². The van der Waals surface area contributed by atoms with Crippen molar-refractivity contribution >= 4 is 11.6 Å². The molecule has 1 heterocycles. The lowest BCUT2D eigenvalue weighted by Crippen LogP contribution is -1.88. The summed E-state index contributed by atoms with van der Waals surface area (Å²) < 4.78 is 25.8. The van der Waals surface area contributed by atoms with E-state index in [9.17, 15) is 8.78 Å². The third kappa shape index (κ3) is 2.58. The second-order valence-corrected chi connectivity index (χ2v) is 3.56. The van der Waals surface area contributed by atoms with Gasteiger partial charge < -0.3 is 0 Å². The van der Waals surface area contributed by atoms with E-state index in [-0.39, 0.29) is 0 Å². The molecule has 0 spiro atoms. The number of hydrogen-bond acceptors (Lipinski definition) is 2. The third-order valence-corrected chi connectivity index (χ3v) is 2.32. The van der Waals surface area contributed by atoms with Crippen LogP contribution >= 0.6 is 0 Å². The van der Waals surface area contributed by atoms with Crippen LogP contribution in [0.25, 0.3) is 11.6 Å². The Kier molecular flexibility index (Phi) is 3.44. The maximum atomic E-state index is 13.0. The number of nitriles is 1. The topological polar surface area (TPSA) is 36.7 Å². The van der Waals surface area contributed by atoms with Crippen molar-refractivity contribution in [2.45, 2.75) is 0 Å². The predicted molar refractivity (Wildman–Crippen MR) is 64.1 cm³/mol. The molecule has 2 nitrogen and oxygen atoms in total. The lowest BCUT2D eigenvalue weighted by molar-refractivity contribution is 0.508. The minimum absolute atomic E-state index is 0.293. The van der Waals surface area contributed by atoms with E-state index in [0.29, 0.717) is 16.8 Å². The second kappa shape index (κ2) is 5.19. The monoisotopic (exact) mass is 242 g/mol. The van der Waals surface area contributed by atoms with Gasteiger partial charge in [-0.2, -0.15) is 5.26 Å². The van der Waals surface area contributed by atoms with E-state index in [0.717, 1.165) is 12.1 Å². The van der Waals surface area contributed by atoms with Crippen molar-refractivity contribution in [3.05, 3.63) is 65.5 Å². The number of halogens is 2. The van der Waals surface area contributed by atoms with Crippen LogP contribution < -0.4 is 0 Å². The Morgan fingerprint density at radius 3 is 2.61 bits per heavy atom. The molecule has 0 radical (unpaired) electrons. The van der Waals surface area contributed by atoms with E-state index in [1.165, 1.54) is 12.1 Å². The molecule has 2 rings (SSSR count). The maximum Gasteiger partial charge on any atom is 0.159 e. The number of rotatable bonds is 2. The van der Waals surface area contributed by atoms with Gasteiger partial charge in [0.1, 0.15) is 6.07 Å². The van der Waals surface area contributed by atoms with Gasteiger partial charge in [-0.3, -0.25) is 4.98 Å². The molecule has 0 saturated heterocycles. The van der Waals surface area contributed by atoms with Crippen LogP contribution in [0.1, 0.15) is 11.3 Å². The summed E-state index contributed by atoms with van der Waals surface area (Å²) in [6, 6.07) is 10.6. The van der Waals surface area contributed by atoms with Gasteiger partial charge in [-0.05, 0) is 35.9 Å². The molecule has 0 amide bonds. The van der Waals surface area contributed by atoms with Gasteiger partial charge in [0.2, 0.25) is 0 Å². The smallest absolute Gasteiger partial charge is 0.159 e. The average molecular weight is 242 g/mol. The Morgan fingerprint density at radius 2 is 2.00 bits per heavy atom. The zero-order valence-corrected chi connectivity index (χ0v) is 9.27. The number of pyridine rings is 1. The first-order chi connectivity index (χ1) is 8.70. The molecule has 0 fully saturated rings. The van der Waals surface area contributed by atoms with Gasteiger partial charge in [-0.15, -0.1) is 0 Å². The molecule has 1 aromatic heterocycles. The summed E-state index contributed by atoms with van der Waals surface area (Å²) in [5, 5.41) is 9.04. The van der Waals surface area contributed by atoms with E-state index < -0.39 is 11.6 Å². The molecule has 0 N–H and O–H groups in total. The fourth-order valence-corrected chi connectivity index (χ4v) is 1.45. The number of hydrogen-bond donors (Lipinski definition) is 0. The minimum Gasteiger partial charge on any atom is -0.256 e. The number of allylic oxidation sites excluding steroid dienone is 1. The highest BCUT2D eigenvalue weighted by Crippen LogP contribution is 2.17. The highest BCUT2D eigenvalue weighted by molar-refractivity contribution is 5.88. The number of nitrogens with zero attached hydrogens (tertiary/aromatic N) is 2. The number of aromatic nitrogens is 1. The number of benzene rings is 1. The maximum absolute atomic E-state index is 13.0. The van der Waals surface area contributed by atoms with Crippen LogP contribution in [0.5, 0.6) is 0 Å². The molecule has 4 heteroatoms. The molecule has 1 aromatic carbocycles. The van der Waals surface area contributed by atoms with Crippen molar-refractivity contribution < 1.29 is 8.78 Å². The van der Waals surface area contributed by atoms with Crippen molar-refractivity contribution in [1.82, 2.24) is 4.98 Å². The van der Waals surface area contributed by atoms with Crippen LogP contribution in [0.4, 0.5) is 8.78 Å². The van der Waals surface area contributed by atoms with Gasteiger partial charge >= 0.3 is 0 Å². The normalized spacial score (nSPS) is 11.1. The Morgan fingerprint density at radius 1 is 1.17 bits per heavy atom. The predicted octanol–water partition coefficient (Wildman–Crippen LogP) is 3.42. The molecule has 0 saturated carbocycles. The van der Waals surface area contributed by atoms with Gasteiger partial charge in [0, 0.05) is 6.20 Å². The quantitative estimate of drug-likeness (QED) is 0.756. The summed E-state index contributed by atoms with van der Waals surface area (Å²) in [4.78, 5) is 4.03. The zero-order valence-electron chi connectivity index (χ0n) is 9.27. The molecule has 88 valence electrons. The molecule has 0 bridgehead atoms. The standard InChI is InChI=1S/C14H8F2N2/c15-12-5-4-10(8-13(12)16)7-11(9-17)14-3-1-2-6-18-14/h1-8H. The van der Waals surface area contributed by atoms with E-state index in [4.69, 9.17) is 5.26 Å². The zero-order chi connectivity index (χ0) is 13.0. The first-order valence-electron chi connectivity index (χ1n) is 5.19. The van der Waals surface area contributed by atoms with Crippen molar-refractivity contribution in [2.75, 3.05) is 0 Å². The Labute approximate surface area is 103 Å². The first kappa shape index (κ1) is 11.9. The molecule has 0 aliphatic carbocycles. The van der Waals surface area contributed by atoms with Crippen LogP contribution in [0, 0.1) is 23.0 Å². The summed E-state index contributed by atoms with van der Waals surface area (Å²) in [5.41, 5.74) is 1.20. The van der Waals surface area contributed by atoms with Gasteiger partial charge in [0.25, 0.3) is 0 Å². The summed E-state index contributed by atoms with van der Waals surface area (Å²) in [6.07, 6.45) is 3.02. The molecule has 0 unspecified atom stereocenters. The minimum atomic E-state index is -0.943. The third-order valence-electron chi connectivity index (χ3n) is 2.32. The summed E-state index contributed by atoms with van der Waals surface area (Å²) in [5.74, 6) is -1.86.